The molecule has 0 amide bonds. The minimum absolute atomic E-state index is 0.0429. The van der Waals surface area contributed by atoms with Crippen LogP contribution >= 0.6 is 9.30 Å². The molecule has 0 aliphatic heterocycles. The van der Waals surface area contributed by atoms with Gasteiger partial charge < -0.3 is 5.11 Å². The van der Waals surface area contributed by atoms with Crippen LogP contribution in [0.25, 0.3) is 0 Å². The molecule has 0 saturated heterocycles. The van der Waals surface area contributed by atoms with E-state index in [2.05, 4.69) is 35.1 Å². The van der Waals surface area contributed by atoms with Gasteiger partial charge in [-0.3, -0.25) is 4.99 Å². The van der Waals surface area contributed by atoms with Gasteiger partial charge >= 0.3 is 28.7 Å². The molecule has 0 heterocycles. The third-order valence-electron chi connectivity index (χ3n) is 3.87. The van der Waals surface area contributed by atoms with E-state index in [0.29, 0.717) is 11.8 Å². The monoisotopic (exact) mass is 342 g/mol. The quantitative estimate of drug-likeness (QED) is 0.586. The van der Waals surface area contributed by atoms with Crippen molar-refractivity contribution < 1.29 is 24.5 Å². The van der Waals surface area contributed by atoms with Crippen LogP contribution in [-0.4, -0.2) is 17.4 Å². The first-order valence-electron chi connectivity index (χ1n) is 7.53. The molecule has 0 aromatic heterocycles. The van der Waals surface area contributed by atoms with Gasteiger partial charge in [-0.05, 0) is 29.9 Å². The van der Waals surface area contributed by atoms with Crippen molar-refractivity contribution in [3.8, 4) is 5.75 Å². The molecule has 0 radical (unpaired) electrons. The van der Waals surface area contributed by atoms with Crippen LogP contribution in [0, 0.1) is 0 Å². The predicted molar refractivity (Wildman–Crippen MR) is 87.1 cm³/mol. The van der Waals surface area contributed by atoms with Gasteiger partial charge in [0.1, 0.15) is 5.75 Å². The third kappa shape index (κ3) is 5.77. The first kappa shape index (κ1) is 18.7. The Morgan fingerprint density at radius 1 is 1.19 bits per heavy atom. The number of aromatic hydroxyl groups is 1. The van der Waals surface area contributed by atoms with Gasteiger partial charge in [0.15, 0.2) is 0 Å². The van der Waals surface area contributed by atoms with Crippen LogP contribution in [0.1, 0.15) is 64.0 Å². The normalized spacial score (nSPS) is 16.5. The van der Waals surface area contributed by atoms with Gasteiger partial charge in [0.05, 0.1) is 0 Å². The number of para-hydroxylation sites is 1. The number of hydrogen-bond acceptors (Lipinski definition) is 2. The number of phenolic OH excluding ortho intramolecular Hbond substituents is 1. The summed E-state index contributed by atoms with van der Waals surface area (Å²) in [6.45, 7) is 6.35. The average molecular weight is 343 g/mol. The van der Waals surface area contributed by atoms with Crippen LogP contribution in [-0.2, 0) is 24.8 Å². The van der Waals surface area contributed by atoms with Crippen molar-refractivity contribution in [2.24, 2.45) is 4.99 Å². The van der Waals surface area contributed by atoms with Crippen molar-refractivity contribution in [2.75, 3.05) is 0 Å². The molecule has 1 aliphatic carbocycles. The number of phenols is 1. The van der Waals surface area contributed by atoms with Gasteiger partial charge in [-0.1, -0.05) is 52.2 Å². The molecule has 1 aromatic rings. The standard InChI is InChI=1S/C17H25NO.ClH.Ti/c1-17(2,3)15-11-7-8-13(16(15)19)12-18-14-9-5-4-6-10-14;;/h7-8,11-12,14,19H,4-6,9-10H2,1-3H3;1H;/q;;+1/p-1. The Labute approximate surface area is 144 Å². The van der Waals surface area contributed by atoms with Crippen molar-refractivity contribution in [2.45, 2.75) is 64.3 Å². The molecule has 0 unspecified atom stereocenters. The molecule has 21 heavy (non-hydrogen) atoms. The molecule has 1 saturated carbocycles. The second-order valence-electron chi connectivity index (χ2n) is 6.56. The zero-order chi connectivity index (χ0) is 15.9. The van der Waals surface area contributed by atoms with Gasteiger partial charge in [0, 0.05) is 17.8 Å². The Hall–Kier alpha value is -0.306. The van der Waals surface area contributed by atoms with Crippen LogP contribution in [0.2, 0.25) is 0 Å². The topological polar surface area (TPSA) is 32.6 Å². The van der Waals surface area contributed by atoms with Crippen LogP contribution in [0.3, 0.4) is 0 Å². The first-order valence-corrected chi connectivity index (χ1v) is 9.68. The Morgan fingerprint density at radius 3 is 2.38 bits per heavy atom. The van der Waals surface area contributed by atoms with Crippen molar-refractivity contribution in [1.82, 2.24) is 0 Å². The summed E-state index contributed by atoms with van der Waals surface area (Å²) in [4.78, 5) is 4.65. The van der Waals surface area contributed by atoms with Crippen molar-refractivity contribution in [3.05, 3.63) is 29.3 Å². The van der Waals surface area contributed by atoms with Crippen LogP contribution < -0.4 is 0 Å². The second kappa shape index (κ2) is 8.97. The van der Waals surface area contributed by atoms with E-state index < -0.39 is 0 Å². The molecule has 4 heteroatoms. The zero-order valence-electron chi connectivity index (χ0n) is 13.2. The summed E-state index contributed by atoms with van der Waals surface area (Å²) in [5.74, 6) is 0.384. The molecule has 1 aromatic carbocycles. The summed E-state index contributed by atoms with van der Waals surface area (Å²) >= 11 is 1.47. The fourth-order valence-corrected chi connectivity index (χ4v) is 2.69. The molecule has 0 bridgehead atoms. The number of nitrogens with zero attached hydrogens (tertiary/aromatic N) is 1. The van der Waals surface area contributed by atoms with E-state index in [4.69, 9.17) is 0 Å². The van der Waals surface area contributed by atoms with E-state index >= 15 is 0 Å². The Morgan fingerprint density at radius 2 is 1.81 bits per heavy atom. The van der Waals surface area contributed by atoms with Crippen LogP contribution in [0.5, 0.6) is 5.75 Å². The second-order valence-corrected chi connectivity index (χ2v) is 6.56. The first-order chi connectivity index (χ1) is 9.98. The Bertz CT molecular complexity index is 462. The van der Waals surface area contributed by atoms with Crippen LogP contribution in [0.4, 0.5) is 0 Å². The van der Waals surface area contributed by atoms with Gasteiger partial charge in [0.2, 0.25) is 0 Å². The molecule has 1 N–H and O–H groups in total. The Kier molecular flexibility index (Phi) is 8.01. The summed E-state index contributed by atoms with van der Waals surface area (Å²) in [5.41, 5.74) is 1.79. The number of benzene rings is 1. The molecule has 2 rings (SSSR count). The van der Waals surface area contributed by atoms with Crippen molar-refractivity contribution in [1.29, 1.82) is 0 Å². The fraction of sp³-hybridized carbons (Fsp3) is 0.588. The minimum atomic E-state index is -0.0429. The maximum absolute atomic E-state index is 10.4. The van der Waals surface area contributed by atoms with Gasteiger partial charge in [-0.25, -0.2) is 0 Å². The molecule has 0 spiro atoms. The van der Waals surface area contributed by atoms with E-state index in [1.807, 2.05) is 24.4 Å². The fourth-order valence-electron chi connectivity index (χ4n) is 2.69. The number of halogens is 1. The van der Waals surface area contributed by atoms with Crippen molar-refractivity contribution in [3.63, 3.8) is 0 Å². The van der Waals surface area contributed by atoms with E-state index in [9.17, 15) is 5.11 Å². The summed E-state index contributed by atoms with van der Waals surface area (Å²) in [6, 6.07) is 6.39. The van der Waals surface area contributed by atoms with E-state index in [-0.39, 0.29) is 5.41 Å². The summed E-state index contributed by atoms with van der Waals surface area (Å²) in [5, 5.41) is 10.4. The molecular formula is C17H25ClNOTi. The maximum atomic E-state index is 10.4. The number of rotatable bonds is 2. The number of hydrogen-bond donors (Lipinski definition) is 1. The summed E-state index contributed by atoms with van der Waals surface area (Å²) in [7, 11) is 4.64. The molecule has 1 aliphatic rings. The Balaban J connectivity index is 0.00000106. The van der Waals surface area contributed by atoms with E-state index in [0.717, 1.165) is 11.1 Å². The molecule has 2 nitrogen and oxygen atoms in total. The van der Waals surface area contributed by atoms with Crippen molar-refractivity contribution >= 4 is 15.5 Å². The zero-order valence-corrected chi connectivity index (χ0v) is 15.5. The third-order valence-corrected chi connectivity index (χ3v) is 3.87. The van der Waals surface area contributed by atoms with Gasteiger partial charge in [-0.2, -0.15) is 0 Å². The van der Waals surface area contributed by atoms with Gasteiger partial charge in [0.25, 0.3) is 0 Å². The summed E-state index contributed by atoms with van der Waals surface area (Å²) in [6.07, 6.45) is 8.16. The predicted octanol–water partition coefficient (Wildman–Crippen LogP) is 5.13. The van der Waals surface area contributed by atoms with E-state index in [1.54, 1.807) is 0 Å². The summed E-state index contributed by atoms with van der Waals surface area (Å²) < 4.78 is 0. The van der Waals surface area contributed by atoms with Gasteiger partial charge in [-0.15, -0.1) is 0 Å². The SMILES string of the molecule is CC(C)(C)c1cccc(C=NC2CCCCC2)c1O.[Cl][Ti]. The van der Waals surface area contributed by atoms with E-state index in [1.165, 1.54) is 51.5 Å². The molecular weight excluding hydrogens is 318 g/mol. The van der Waals surface area contributed by atoms with Crippen LogP contribution in [0.15, 0.2) is 23.2 Å². The molecule has 0 atom stereocenters. The average Bonchev–Trinajstić information content (AvgIpc) is 2.48. The molecule has 115 valence electrons. The molecule has 1 fully saturated rings. The number of aliphatic imine (C=N–C) groups is 1.